The molecule has 140 valence electrons. The third-order valence-electron chi connectivity index (χ3n) is 4.39. The quantitative estimate of drug-likeness (QED) is 0.636. The van der Waals surface area contributed by atoms with Crippen molar-refractivity contribution >= 4 is 29.6 Å². The molecule has 3 rings (SSSR count). The normalized spacial score (nSPS) is 14.0. The maximum Gasteiger partial charge on any atom is 0.274 e. The molecule has 27 heavy (non-hydrogen) atoms. The number of nitrogens with one attached hydrogen (secondary N) is 1. The first kappa shape index (κ1) is 18.5. The fourth-order valence-corrected chi connectivity index (χ4v) is 2.87. The lowest BCUT2D eigenvalue weighted by Gasteiger charge is -2.33. The number of carbonyl (C=O) groups excluding carboxylic acids is 3. The lowest BCUT2D eigenvalue weighted by Crippen LogP contribution is -2.46. The topological polar surface area (TPSA) is 95.5 Å². The molecule has 8 heteroatoms. The van der Waals surface area contributed by atoms with Gasteiger partial charge in [-0.05, 0) is 38.1 Å². The van der Waals surface area contributed by atoms with Crippen LogP contribution in [0.2, 0.25) is 0 Å². The minimum atomic E-state index is -0.344. The maximum atomic E-state index is 12.6. The van der Waals surface area contributed by atoms with Gasteiger partial charge in [-0.3, -0.25) is 14.4 Å². The van der Waals surface area contributed by atoms with Crippen LogP contribution in [0.5, 0.6) is 0 Å². The lowest BCUT2D eigenvalue weighted by atomic mass is 10.1. The molecule has 0 aliphatic carbocycles. The van der Waals surface area contributed by atoms with Crippen molar-refractivity contribution in [2.24, 2.45) is 0 Å². The van der Waals surface area contributed by atoms with Crippen molar-refractivity contribution < 1.29 is 14.4 Å². The van der Waals surface area contributed by atoms with Gasteiger partial charge >= 0.3 is 0 Å². The Balaban J connectivity index is 1.74. The molecule has 1 aliphatic heterocycles. The molecular weight excluding hydrogens is 346 g/mol. The molecule has 0 spiro atoms. The van der Waals surface area contributed by atoms with E-state index in [9.17, 15) is 14.4 Å². The van der Waals surface area contributed by atoms with Crippen LogP contribution in [-0.2, 0) is 4.79 Å². The maximum absolute atomic E-state index is 12.6. The van der Waals surface area contributed by atoms with Crippen LogP contribution >= 0.6 is 0 Å². The summed E-state index contributed by atoms with van der Waals surface area (Å²) in [7, 11) is 0. The second-order valence-electron chi connectivity index (χ2n) is 6.37. The Morgan fingerprint density at radius 1 is 1.07 bits per heavy atom. The van der Waals surface area contributed by atoms with Gasteiger partial charge in [0.15, 0.2) is 5.78 Å². The highest BCUT2D eigenvalue weighted by Crippen LogP contribution is 2.17. The highest BCUT2D eigenvalue weighted by atomic mass is 16.2. The van der Waals surface area contributed by atoms with Crippen molar-refractivity contribution in [3.05, 3.63) is 47.4 Å². The second kappa shape index (κ2) is 7.94. The Kier molecular flexibility index (Phi) is 5.44. The lowest BCUT2D eigenvalue weighted by molar-refractivity contribution is -0.118. The van der Waals surface area contributed by atoms with Crippen molar-refractivity contribution in [3.63, 3.8) is 0 Å². The van der Waals surface area contributed by atoms with Crippen LogP contribution < -0.4 is 10.2 Å². The van der Waals surface area contributed by atoms with E-state index in [0.717, 1.165) is 6.41 Å². The number of ketones is 1. The summed E-state index contributed by atoms with van der Waals surface area (Å²) < 4.78 is 0. The third-order valence-corrected chi connectivity index (χ3v) is 4.39. The van der Waals surface area contributed by atoms with Gasteiger partial charge < -0.3 is 15.1 Å². The van der Waals surface area contributed by atoms with Crippen LogP contribution in [0.4, 0.5) is 11.5 Å². The van der Waals surface area contributed by atoms with E-state index in [2.05, 4.69) is 15.3 Å². The number of amides is 2. The number of hydrogen-bond donors (Lipinski definition) is 1. The number of rotatable bonds is 5. The van der Waals surface area contributed by atoms with Gasteiger partial charge in [-0.25, -0.2) is 9.97 Å². The van der Waals surface area contributed by atoms with E-state index in [1.54, 1.807) is 42.2 Å². The van der Waals surface area contributed by atoms with E-state index in [0.29, 0.717) is 49.1 Å². The molecule has 2 amide bonds. The molecule has 1 aromatic carbocycles. The van der Waals surface area contributed by atoms with Gasteiger partial charge in [-0.2, -0.15) is 0 Å². The zero-order chi connectivity index (χ0) is 19.4. The molecular formula is C19H21N5O3. The van der Waals surface area contributed by atoms with Crippen LogP contribution in [0.15, 0.2) is 30.3 Å². The summed E-state index contributed by atoms with van der Waals surface area (Å²) in [6, 6.07) is 8.36. The largest absolute Gasteiger partial charge is 0.353 e. The summed E-state index contributed by atoms with van der Waals surface area (Å²) in [5.41, 5.74) is 1.44. The van der Waals surface area contributed by atoms with Crippen molar-refractivity contribution in [1.29, 1.82) is 0 Å². The molecule has 1 N–H and O–H groups in total. The minimum absolute atomic E-state index is 0.0291. The summed E-state index contributed by atoms with van der Waals surface area (Å²) in [4.78, 5) is 47.2. The molecule has 1 fully saturated rings. The number of Topliss-reactive ketones (excluding diaryl/α,β-unsaturated/α-hetero) is 1. The fraction of sp³-hybridized carbons (Fsp3) is 0.316. The molecule has 0 saturated carbocycles. The molecule has 2 aromatic rings. The molecule has 8 nitrogen and oxygen atoms in total. The average molecular weight is 367 g/mol. The second-order valence-corrected chi connectivity index (χ2v) is 6.37. The predicted molar refractivity (Wildman–Crippen MR) is 101 cm³/mol. The van der Waals surface area contributed by atoms with Gasteiger partial charge in [-0.15, -0.1) is 0 Å². The van der Waals surface area contributed by atoms with Crippen molar-refractivity contribution in [3.8, 4) is 0 Å². The minimum Gasteiger partial charge on any atom is -0.353 e. The van der Waals surface area contributed by atoms with Crippen LogP contribution in [0.3, 0.4) is 0 Å². The number of hydrogen-bond acceptors (Lipinski definition) is 6. The molecule has 0 unspecified atom stereocenters. The molecule has 2 heterocycles. The third kappa shape index (κ3) is 4.46. The number of aromatic nitrogens is 2. The van der Waals surface area contributed by atoms with Crippen LogP contribution in [-0.4, -0.2) is 59.1 Å². The fourth-order valence-electron chi connectivity index (χ4n) is 2.87. The van der Waals surface area contributed by atoms with E-state index in [4.69, 9.17) is 0 Å². The first-order valence-corrected chi connectivity index (χ1v) is 8.68. The van der Waals surface area contributed by atoms with Crippen LogP contribution in [0, 0.1) is 6.92 Å². The number of aryl methyl sites for hydroxylation is 1. The van der Waals surface area contributed by atoms with E-state index < -0.39 is 0 Å². The molecule has 0 bridgehead atoms. The molecule has 1 aliphatic rings. The number of anilines is 2. The number of piperazine rings is 1. The summed E-state index contributed by atoms with van der Waals surface area (Å²) in [5.74, 6) is 0.801. The summed E-state index contributed by atoms with van der Waals surface area (Å²) >= 11 is 0. The highest BCUT2D eigenvalue weighted by molar-refractivity contribution is 6.03. The Bertz CT molecular complexity index is 858. The molecule has 0 atom stereocenters. The molecule has 0 radical (unpaired) electrons. The van der Waals surface area contributed by atoms with Gasteiger partial charge in [0.05, 0.1) is 0 Å². The summed E-state index contributed by atoms with van der Waals surface area (Å²) in [5, 5.41) is 2.78. The van der Waals surface area contributed by atoms with Gasteiger partial charge in [0.1, 0.15) is 17.3 Å². The van der Waals surface area contributed by atoms with E-state index in [1.807, 2.05) is 4.90 Å². The van der Waals surface area contributed by atoms with Crippen LogP contribution in [0.25, 0.3) is 0 Å². The summed E-state index contributed by atoms with van der Waals surface area (Å²) in [6.07, 6.45) is 0.846. The first-order valence-electron chi connectivity index (χ1n) is 8.68. The standard InChI is InChI=1S/C19H21N5O3/c1-13(26)15-3-5-16(6-4-15)22-19(27)17-11-18(21-14(2)20-17)24-9-7-23(12-25)8-10-24/h3-6,11-12H,7-10H2,1-2H3,(H,22,27). The Morgan fingerprint density at radius 2 is 1.74 bits per heavy atom. The Labute approximate surface area is 157 Å². The number of carbonyl (C=O) groups is 3. The average Bonchev–Trinajstić information content (AvgIpc) is 2.68. The van der Waals surface area contributed by atoms with Gasteiger partial charge in [-0.1, -0.05) is 0 Å². The monoisotopic (exact) mass is 367 g/mol. The zero-order valence-corrected chi connectivity index (χ0v) is 15.3. The predicted octanol–water partition coefficient (Wildman–Crippen LogP) is 1.52. The van der Waals surface area contributed by atoms with E-state index in [1.165, 1.54) is 6.92 Å². The first-order chi connectivity index (χ1) is 13.0. The Hall–Kier alpha value is -3.29. The molecule has 1 aromatic heterocycles. The smallest absolute Gasteiger partial charge is 0.274 e. The highest BCUT2D eigenvalue weighted by Gasteiger charge is 2.19. The number of benzene rings is 1. The zero-order valence-electron chi connectivity index (χ0n) is 15.3. The van der Waals surface area contributed by atoms with Gasteiger partial charge in [0.2, 0.25) is 6.41 Å². The van der Waals surface area contributed by atoms with Crippen molar-refractivity contribution in [2.75, 3.05) is 36.4 Å². The van der Waals surface area contributed by atoms with Gasteiger partial charge in [0.25, 0.3) is 5.91 Å². The van der Waals surface area contributed by atoms with Crippen molar-refractivity contribution in [2.45, 2.75) is 13.8 Å². The molecule has 1 saturated heterocycles. The SMILES string of the molecule is CC(=O)c1ccc(NC(=O)c2cc(N3CCN(C=O)CC3)nc(C)n2)cc1. The van der Waals surface area contributed by atoms with Crippen molar-refractivity contribution in [1.82, 2.24) is 14.9 Å². The Morgan fingerprint density at radius 3 is 2.33 bits per heavy atom. The van der Waals surface area contributed by atoms with E-state index in [-0.39, 0.29) is 17.4 Å². The number of nitrogens with zero attached hydrogens (tertiary/aromatic N) is 4. The van der Waals surface area contributed by atoms with Gasteiger partial charge in [0, 0.05) is 43.5 Å². The summed E-state index contributed by atoms with van der Waals surface area (Å²) in [6.45, 7) is 5.79. The van der Waals surface area contributed by atoms with Crippen LogP contribution in [0.1, 0.15) is 33.6 Å². The van der Waals surface area contributed by atoms with E-state index >= 15 is 0 Å².